The molecule has 1 aromatic heterocycles. The zero-order chi connectivity index (χ0) is 17.6. The van der Waals surface area contributed by atoms with Gasteiger partial charge in [0.1, 0.15) is 5.82 Å². The summed E-state index contributed by atoms with van der Waals surface area (Å²) >= 11 is 0. The van der Waals surface area contributed by atoms with Gasteiger partial charge in [-0.15, -0.1) is 0 Å². The summed E-state index contributed by atoms with van der Waals surface area (Å²) in [5.41, 5.74) is 1.23. The Hall–Kier alpha value is -2.63. The molecule has 0 spiro atoms. The van der Waals surface area contributed by atoms with Gasteiger partial charge in [-0.1, -0.05) is 37.3 Å². The molecular weight excluding hydrogens is 316 g/mol. The summed E-state index contributed by atoms with van der Waals surface area (Å²) in [5.74, 6) is 1.25. The highest BCUT2D eigenvalue weighted by molar-refractivity contribution is 5.90. The predicted octanol–water partition coefficient (Wildman–Crippen LogP) is 2.23. The molecule has 6 nitrogen and oxygen atoms in total. The molecule has 1 aromatic carbocycles. The van der Waals surface area contributed by atoms with E-state index in [1.807, 2.05) is 18.2 Å². The van der Waals surface area contributed by atoms with E-state index in [1.165, 1.54) is 5.56 Å². The molecule has 1 fully saturated rings. The van der Waals surface area contributed by atoms with Gasteiger partial charge in [0.05, 0.1) is 6.20 Å². The lowest BCUT2D eigenvalue weighted by atomic mass is 10.1. The second-order valence-electron chi connectivity index (χ2n) is 6.58. The lowest BCUT2D eigenvalue weighted by Crippen LogP contribution is -2.29. The number of carbonyl (C=O) groups is 2. The molecule has 25 heavy (non-hydrogen) atoms. The fourth-order valence-corrected chi connectivity index (χ4v) is 2.82. The highest BCUT2D eigenvalue weighted by Gasteiger charge is 2.38. The predicted molar refractivity (Wildman–Crippen MR) is 95.9 cm³/mol. The number of nitrogens with one attached hydrogen (secondary N) is 2. The van der Waals surface area contributed by atoms with E-state index in [2.05, 4.69) is 34.8 Å². The van der Waals surface area contributed by atoms with Crippen molar-refractivity contribution in [1.82, 2.24) is 15.1 Å². The number of benzene rings is 1. The fourth-order valence-electron chi connectivity index (χ4n) is 2.82. The molecule has 0 unspecified atom stereocenters. The van der Waals surface area contributed by atoms with Crippen molar-refractivity contribution in [1.29, 1.82) is 0 Å². The Morgan fingerprint density at radius 3 is 2.72 bits per heavy atom. The largest absolute Gasteiger partial charge is 0.355 e. The summed E-state index contributed by atoms with van der Waals surface area (Å²) in [6.07, 6.45) is 3.74. The van der Waals surface area contributed by atoms with Crippen molar-refractivity contribution in [2.24, 2.45) is 11.8 Å². The molecule has 2 amide bonds. The van der Waals surface area contributed by atoms with Crippen molar-refractivity contribution in [3.05, 3.63) is 48.2 Å². The number of aromatic nitrogens is 2. The van der Waals surface area contributed by atoms with Crippen LogP contribution in [0.1, 0.15) is 25.3 Å². The Labute approximate surface area is 147 Å². The second kappa shape index (κ2) is 7.96. The highest BCUT2D eigenvalue weighted by atomic mass is 16.2. The molecule has 0 aliphatic heterocycles. The normalized spacial score (nSPS) is 18.6. The van der Waals surface area contributed by atoms with Crippen LogP contribution in [0.5, 0.6) is 0 Å². The smallest absolute Gasteiger partial charge is 0.227 e. The summed E-state index contributed by atoms with van der Waals surface area (Å²) in [6.45, 7) is 3.13. The maximum Gasteiger partial charge on any atom is 0.227 e. The topological polar surface area (TPSA) is 76.0 Å². The first-order valence-electron chi connectivity index (χ1n) is 8.77. The molecule has 1 aliphatic rings. The van der Waals surface area contributed by atoms with E-state index in [-0.39, 0.29) is 24.2 Å². The van der Waals surface area contributed by atoms with Crippen LogP contribution in [0.25, 0.3) is 0 Å². The quantitative estimate of drug-likeness (QED) is 0.774. The Kier molecular flexibility index (Phi) is 5.48. The molecular formula is C19H24N4O2. The van der Waals surface area contributed by atoms with Gasteiger partial charge in [0.25, 0.3) is 0 Å². The minimum atomic E-state index is -0.120. The standard InChI is InChI=1S/C19H24N4O2/c1-14-13-16(14)19(25)20-10-8-18(24)22-17-7-11-21-23(17)12-9-15-5-3-2-4-6-15/h2-7,11,14,16H,8-10,12-13H2,1H3,(H,20,25)(H,22,24)/t14-,16-/m0/s1. The van der Waals surface area contributed by atoms with Gasteiger partial charge in [-0.25, -0.2) is 4.68 Å². The first kappa shape index (κ1) is 17.2. The molecule has 2 aromatic rings. The molecule has 0 saturated heterocycles. The molecule has 132 valence electrons. The van der Waals surface area contributed by atoms with Crippen molar-refractivity contribution < 1.29 is 9.59 Å². The summed E-state index contributed by atoms with van der Waals surface area (Å²) in [7, 11) is 0. The van der Waals surface area contributed by atoms with E-state index in [0.29, 0.717) is 24.8 Å². The third-order valence-electron chi connectivity index (χ3n) is 4.54. The Balaban J connectivity index is 1.42. The summed E-state index contributed by atoms with van der Waals surface area (Å²) in [6, 6.07) is 11.9. The summed E-state index contributed by atoms with van der Waals surface area (Å²) in [5, 5.41) is 9.95. The van der Waals surface area contributed by atoms with Gasteiger partial charge in [0.2, 0.25) is 11.8 Å². The van der Waals surface area contributed by atoms with Crippen LogP contribution in [0.15, 0.2) is 42.6 Å². The number of aryl methyl sites for hydroxylation is 2. The van der Waals surface area contributed by atoms with Crippen LogP contribution in [0.4, 0.5) is 5.82 Å². The monoisotopic (exact) mass is 340 g/mol. The molecule has 1 saturated carbocycles. The van der Waals surface area contributed by atoms with E-state index >= 15 is 0 Å². The van der Waals surface area contributed by atoms with Crippen molar-refractivity contribution in [3.8, 4) is 0 Å². The van der Waals surface area contributed by atoms with Crippen LogP contribution >= 0.6 is 0 Å². The lowest BCUT2D eigenvalue weighted by molar-refractivity contribution is -0.122. The Morgan fingerprint density at radius 1 is 1.24 bits per heavy atom. The van der Waals surface area contributed by atoms with Gasteiger partial charge in [0.15, 0.2) is 0 Å². The van der Waals surface area contributed by atoms with E-state index < -0.39 is 0 Å². The number of nitrogens with zero attached hydrogens (tertiary/aromatic N) is 2. The average molecular weight is 340 g/mol. The number of carbonyl (C=O) groups excluding carboxylic acids is 2. The van der Waals surface area contributed by atoms with Crippen molar-refractivity contribution in [2.45, 2.75) is 32.7 Å². The van der Waals surface area contributed by atoms with E-state index in [4.69, 9.17) is 0 Å². The molecule has 0 radical (unpaired) electrons. The number of hydrogen-bond acceptors (Lipinski definition) is 3. The van der Waals surface area contributed by atoms with Gasteiger partial charge < -0.3 is 10.6 Å². The molecule has 3 rings (SSSR count). The molecule has 0 bridgehead atoms. The van der Waals surface area contributed by atoms with Crippen LogP contribution < -0.4 is 10.6 Å². The third kappa shape index (κ3) is 4.92. The van der Waals surface area contributed by atoms with Crippen LogP contribution in [0.3, 0.4) is 0 Å². The van der Waals surface area contributed by atoms with Crippen LogP contribution in [0.2, 0.25) is 0 Å². The van der Waals surface area contributed by atoms with Crippen molar-refractivity contribution >= 4 is 17.6 Å². The van der Waals surface area contributed by atoms with E-state index in [1.54, 1.807) is 16.9 Å². The average Bonchev–Trinajstić information content (AvgIpc) is 3.19. The Bertz CT molecular complexity index is 726. The van der Waals surface area contributed by atoms with Crippen LogP contribution in [-0.2, 0) is 22.6 Å². The van der Waals surface area contributed by atoms with Crippen molar-refractivity contribution in [3.63, 3.8) is 0 Å². The van der Waals surface area contributed by atoms with Gasteiger partial charge in [-0.2, -0.15) is 5.10 Å². The van der Waals surface area contributed by atoms with Gasteiger partial charge in [-0.05, 0) is 24.3 Å². The molecule has 2 atom stereocenters. The van der Waals surface area contributed by atoms with Gasteiger partial charge >= 0.3 is 0 Å². The van der Waals surface area contributed by atoms with Gasteiger partial charge in [0, 0.05) is 31.5 Å². The van der Waals surface area contributed by atoms with Crippen LogP contribution in [-0.4, -0.2) is 28.1 Å². The lowest BCUT2D eigenvalue weighted by Gasteiger charge is -2.09. The van der Waals surface area contributed by atoms with Crippen LogP contribution in [0, 0.1) is 11.8 Å². The van der Waals surface area contributed by atoms with E-state index in [0.717, 1.165) is 12.8 Å². The summed E-state index contributed by atoms with van der Waals surface area (Å²) in [4.78, 5) is 23.8. The zero-order valence-corrected chi connectivity index (χ0v) is 14.4. The molecule has 1 aliphatic carbocycles. The minimum Gasteiger partial charge on any atom is -0.355 e. The summed E-state index contributed by atoms with van der Waals surface area (Å²) < 4.78 is 1.79. The fraction of sp³-hybridized carbons (Fsp3) is 0.421. The number of amides is 2. The van der Waals surface area contributed by atoms with E-state index in [9.17, 15) is 9.59 Å². The SMILES string of the molecule is C[C@H]1C[C@@H]1C(=O)NCCC(=O)Nc1ccnn1CCc1ccccc1. The zero-order valence-electron chi connectivity index (χ0n) is 14.4. The molecule has 2 N–H and O–H groups in total. The number of hydrogen-bond donors (Lipinski definition) is 2. The van der Waals surface area contributed by atoms with Gasteiger partial charge in [-0.3, -0.25) is 9.59 Å². The first-order valence-corrected chi connectivity index (χ1v) is 8.77. The molecule has 1 heterocycles. The Morgan fingerprint density at radius 2 is 2.00 bits per heavy atom. The minimum absolute atomic E-state index is 0.0632. The third-order valence-corrected chi connectivity index (χ3v) is 4.54. The maximum absolute atomic E-state index is 12.1. The highest BCUT2D eigenvalue weighted by Crippen LogP contribution is 2.37. The second-order valence-corrected chi connectivity index (χ2v) is 6.58. The maximum atomic E-state index is 12.1. The number of anilines is 1. The van der Waals surface area contributed by atoms with Crippen molar-refractivity contribution in [2.75, 3.05) is 11.9 Å². The molecule has 6 heteroatoms. The number of rotatable bonds is 8. The first-order chi connectivity index (χ1) is 12.1.